The van der Waals surface area contributed by atoms with Gasteiger partial charge < -0.3 is 5.73 Å². The zero-order valence-corrected chi connectivity index (χ0v) is 11.6. The lowest BCUT2D eigenvalue weighted by Crippen LogP contribution is -2.14. The third-order valence-electron chi connectivity index (χ3n) is 2.32. The highest BCUT2D eigenvalue weighted by Crippen LogP contribution is 2.20. The molecule has 0 aromatic carbocycles. The number of anilines is 2. The highest BCUT2D eigenvalue weighted by molar-refractivity contribution is 7.92. The first-order valence-corrected chi connectivity index (χ1v) is 7.27. The SMILES string of the molecule is CCn1cc(S(=O)(=O)Nc2cccc(Cl)n2)c(N)n1. The van der Waals surface area contributed by atoms with Crippen LogP contribution in [-0.2, 0) is 16.6 Å². The molecule has 0 atom stereocenters. The summed E-state index contributed by atoms with van der Waals surface area (Å²) in [6, 6.07) is 4.62. The van der Waals surface area contributed by atoms with Gasteiger partial charge in [0.2, 0.25) is 0 Å². The second-order valence-corrected chi connectivity index (χ2v) is 5.72. The van der Waals surface area contributed by atoms with Crippen LogP contribution in [0.3, 0.4) is 0 Å². The van der Waals surface area contributed by atoms with Crippen LogP contribution in [-0.4, -0.2) is 23.2 Å². The molecule has 102 valence electrons. The lowest BCUT2D eigenvalue weighted by molar-refractivity contribution is 0.600. The largest absolute Gasteiger partial charge is 0.381 e. The van der Waals surface area contributed by atoms with Crippen LogP contribution < -0.4 is 10.5 Å². The average molecular weight is 302 g/mol. The van der Waals surface area contributed by atoms with E-state index >= 15 is 0 Å². The van der Waals surface area contributed by atoms with E-state index in [0.717, 1.165) is 0 Å². The Morgan fingerprint density at radius 1 is 1.47 bits per heavy atom. The standard InChI is InChI=1S/C10H12ClN5O2S/c1-2-16-6-7(10(12)14-16)19(17,18)15-9-5-3-4-8(11)13-9/h3-6H,2H2,1H3,(H2,12,14)(H,13,15). The number of nitrogens with one attached hydrogen (secondary N) is 1. The number of hydrogen-bond donors (Lipinski definition) is 2. The molecule has 0 bridgehead atoms. The van der Waals surface area contributed by atoms with E-state index in [4.69, 9.17) is 17.3 Å². The molecule has 0 aliphatic carbocycles. The number of nitrogens with two attached hydrogens (primary N) is 1. The van der Waals surface area contributed by atoms with Crippen molar-refractivity contribution in [3.63, 3.8) is 0 Å². The van der Waals surface area contributed by atoms with Gasteiger partial charge in [0.1, 0.15) is 15.9 Å². The molecule has 2 rings (SSSR count). The van der Waals surface area contributed by atoms with E-state index in [1.165, 1.54) is 16.9 Å². The molecule has 0 aliphatic rings. The molecular weight excluding hydrogens is 290 g/mol. The summed E-state index contributed by atoms with van der Waals surface area (Å²) in [5.74, 6) is 0.0625. The van der Waals surface area contributed by atoms with Crippen molar-refractivity contribution in [2.75, 3.05) is 10.5 Å². The van der Waals surface area contributed by atoms with Gasteiger partial charge in [-0.3, -0.25) is 9.40 Å². The lowest BCUT2D eigenvalue weighted by Gasteiger charge is -2.05. The molecule has 0 radical (unpaired) electrons. The van der Waals surface area contributed by atoms with Gasteiger partial charge >= 0.3 is 0 Å². The van der Waals surface area contributed by atoms with Crippen LogP contribution in [0.2, 0.25) is 5.15 Å². The van der Waals surface area contributed by atoms with Crippen LogP contribution in [0.4, 0.5) is 11.6 Å². The second kappa shape index (κ2) is 5.06. The number of nitrogens with zero attached hydrogens (tertiary/aromatic N) is 3. The minimum atomic E-state index is -3.83. The molecule has 0 aliphatic heterocycles. The number of nitrogen functional groups attached to an aromatic ring is 1. The number of rotatable bonds is 4. The zero-order valence-electron chi connectivity index (χ0n) is 10.0. The molecule has 0 fully saturated rings. The molecule has 0 spiro atoms. The molecule has 0 amide bonds. The van der Waals surface area contributed by atoms with E-state index in [2.05, 4.69) is 14.8 Å². The minimum absolute atomic E-state index is 0.0589. The summed E-state index contributed by atoms with van der Waals surface area (Å²) in [5, 5.41) is 4.08. The first-order valence-electron chi connectivity index (χ1n) is 5.40. The van der Waals surface area contributed by atoms with Crippen LogP contribution in [0.15, 0.2) is 29.3 Å². The van der Waals surface area contributed by atoms with E-state index in [0.29, 0.717) is 6.54 Å². The Kier molecular flexibility index (Phi) is 3.63. The number of hydrogen-bond acceptors (Lipinski definition) is 5. The Balaban J connectivity index is 2.34. The van der Waals surface area contributed by atoms with E-state index in [1.807, 2.05) is 6.92 Å². The maximum atomic E-state index is 12.1. The topological polar surface area (TPSA) is 103 Å². The number of pyridine rings is 1. The van der Waals surface area contributed by atoms with E-state index in [9.17, 15) is 8.42 Å². The predicted octanol–water partition coefficient (Wildman–Crippen LogP) is 1.33. The van der Waals surface area contributed by atoms with Crippen LogP contribution in [0.5, 0.6) is 0 Å². The lowest BCUT2D eigenvalue weighted by atomic mass is 10.5. The molecule has 2 heterocycles. The van der Waals surface area contributed by atoms with Gasteiger partial charge in [-0.15, -0.1) is 0 Å². The number of halogens is 1. The van der Waals surface area contributed by atoms with Gasteiger partial charge in [0, 0.05) is 12.7 Å². The fourth-order valence-corrected chi connectivity index (χ4v) is 2.68. The Morgan fingerprint density at radius 3 is 2.79 bits per heavy atom. The highest BCUT2D eigenvalue weighted by atomic mass is 35.5. The first-order chi connectivity index (χ1) is 8.92. The van der Waals surface area contributed by atoms with E-state index in [-0.39, 0.29) is 21.7 Å². The first kappa shape index (κ1) is 13.6. The molecule has 0 unspecified atom stereocenters. The monoisotopic (exact) mass is 301 g/mol. The van der Waals surface area contributed by atoms with Gasteiger partial charge in [-0.1, -0.05) is 17.7 Å². The normalized spacial score (nSPS) is 11.5. The predicted molar refractivity (Wildman–Crippen MR) is 72.4 cm³/mol. The minimum Gasteiger partial charge on any atom is -0.381 e. The Hall–Kier alpha value is -1.80. The third-order valence-corrected chi connectivity index (χ3v) is 3.90. The summed E-state index contributed by atoms with van der Waals surface area (Å²) in [5.41, 5.74) is 5.59. The van der Waals surface area contributed by atoms with Gasteiger partial charge in [-0.2, -0.15) is 5.10 Å². The summed E-state index contributed by atoms with van der Waals surface area (Å²) in [6.07, 6.45) is 1.36. The molecule has 0 saturated heterocycles. The molecular formula is C10H12ClN5O2S. The number of aromatic nitrogens is 3. The zero-order chi connectivity index (χ0) is 14.0. The Bertz CT molecular complexity index is 698. The molecule has 19 heavy (non-hydrogen) atoms. The van der Waals surface area contributed by atoms with Crippen molar-refractivity contribution < 1.29 is 8.42 Å². The van der Waals surface area contributed by atoms with Crippen molar-refractivity contribution >= 4 is 33.3 Å². The maximum Gasteiger partial charge on any atom is 0.268 e. The van der Waals surface area contributed by atoms with Gasteiger partial charge in [-0.25, -0.2) is 13.4 Å². The third kappa shape index (κ3) is 2.96. The summed E-state index contributed by atoms with van der Waals surface area (Å²) in [7, 11) is -3.83. The fraction of sp³-hybridized carbons (Fsp3) is 0.200. The highest BCUT2D eigenvalue weighted by Gasteiger charge is 2.21. The van der Waals surface area contributed by atoms with Crippen molar-refractivity contribution in [3.8, 4) is 0 Å². The Labute approximate surface area is 115 Å². The Morgan fingerprint density at radius 2 is 2.21 bits per heavy atom. The molecule has 7 nitrogen and oxygen atoms in total. The summed E-state index contributed by atoms with van der Waals surface area (Å²) in [6.45, 7) is 2.35. The van der Waals surface area contributed by atoms with Crippen LogP contribution in [0, 0.1) is 0 Å². The molecule has 9 heteroatoms. The van der Waals surface area contributed by atoms with Crippen molar-refractivity contribution in [2.45, 2.75) is 18.4 Å². The van der Waals surface area contributed by atoms with Crippen LogP contribution >= 0.6 is 11.6 Å². The van der Waals surface area contributed by atoms with Gasteiger partial charge in [0.05, 0.1) is 0 Å². The van der Waals surface area contributed by atoms with Gasteiger partial charge in [0.25, 0.3) is 10.0 Å². The molecule has 2 aromatic heterocycles. The maximum absolute atomic E-state index is 12.1. The van der Waals surface area contributed by atoms with Crippen LogP contribution in [0.25, 0.3) is 0 Å². The molecule has 3 N–H and O–H groups in total. The van der Waals surface area contributed by atoms with Crippen LogP contribution in [0.1, 0.15) is 6.92 Å². The quantitative estimate of drug-likeness (QED) is 0.829. The van der Waals surface area contributed by atoms with Crippen molar-refractivity contribution in [1.82, 2.24) is 14.8 Å². The number of aryl methyl sites for hydroxylation is 1. The van der Waals surface area contributed by atoms with Crippen molar-refractivity contribution in [3.05, 3.63) is 29.5 Å². The van der Waals surface area contributed by atoms with Crippen molar-refractivity contribution in [2.24, 2.45) is 0 Å². The smallest absolute Gasteiger partial charge is 0.268 e. The van der Waals surface area contributed by atoms with Gasteiger partial charge in [-0.05, 0) is 19.1 Å². The summed E-state index contributed by atoms with van der Waals surface area (Å²) < 4.78 is 28.0. The van der Waals surface area contributed by atoms with Gasteiger partial charge in [0.15, 0.2) is 5.82 Å². The fourth-order valence-electron chi connectivity index (χ4n) is 1.44. The van der Waals surface area contributed by atoms with E-state index < -0.39 is 10.0 Å². The van der Waals surface area contributed by atoms with E-state index in [1.54, 1.807) is 12.1 Å². The second-order valence-electron chi connectivity index (χ2n) is 3.69. The summed E-state index contributed by atoms with van der Waals surface area (Å²) >= 11 is 5.69. The average Bonchev–Trinajstić information content (AvgIpc) is 2.71. The molecule has 2 aromatic rings. The molecule has 0 saturated carbocycles. The number of sulfonamides is 1. The summed E-state index contributed by atoms with van der Waals surface area (Å²) in [4.78, 5) is 3.76. The van der Waals surface area contributed by atoms with Crippen molar-refractivity contribution in [1.29, 1.82) is 0 Å².